The third kappa shape index (κ3) is 4.08. The first-order valence-corrected chi connectivity index (χ1v) is 11.1. The van der Waals surface area contributed by atoms with E-state index in [1.807, 2.05) is 0 Å². The second-order valence-corrected chi connectivity index (χ2v) is 8.66. The van der Waals surface area contributed by atoms with Crippen molar-refractivity contribution in [3.8, 4) is 5.75 Å². The Morgan fingerprint density at radius 1 is 1.21 bits per heavy atom. The van der Waals surface area contributed by atoms with Crippen LogP contribution < -0.4 is 10.1 Å². The highest BCUT2D eigenvalue weighted by Crippen LogP contribution is 2.32. The summed E-state index contributed by atoms with van der Waals surface area (Å²) >= 11 is 1.68. The smallest absolute Gasteiger partial charge is 0.138 e. The molecule has 1 aliphatic carbocycles. The minimum atomic E-state index is 0.353. The van der Waals surface area contributed by atoms with Gasteiger partial charge in [-0.1, -0.05) is 6.07 Å². The molecule has 0 spiro atoms. The molecule has 0 saturated carbocycles. The number of ether oxygens (including phenoxy) is 2. The zero-order chi connectivity index (χ0) is 19.6. The van der Waals surface area contributed by atoms with Crippen LogP contribution in [0.15, 0.2) is 29.9 Å². The van der Waals surface area contributed by atoms with Crippen LogP contribution in [0.25, 0.3) is 10.2 Å². The van der Waals surface area contributed by atoms with Gasteiger partial charge in [-0.25, -0.2) is 9.97 Å². The maximum absolute atomic E-state index is 6.03. The summed E-state index contributed by atoms with van der Waals surface area (Å²) in [5, 5.41) is 6.96. The van der Waals surface area contributed by atoms with Crippen molar-refractivity contribution in [1.29, 1.82) is 0 Å². The summed E-state index contributed by atoms with van der Waals surface area (Å²) in [6.45, 7) is 7.46. The van der Waals surface area contributed by atoms with Crippen LogP contribution in [0.3, 0.4) is 0 Å². The Bertz CT molecular complexity index is 1000. The molecule has 2 aliphatic rings. The molecule has 3 heterocycles. The van der Waals surface area contributed by atoms with Crippen LogP contribution in [0.1, 0.15) is 16.7 Å². The van der Waals surface area contributed by atoms with Crippen molar-refractivity contribution in [2.45, 2.75) is 25.8 Å². The minimum Gasteiger partial charge on any atom is -0.492 e. The second-order valence-electron chi connectivity index (χ2n) is 7.80. The molecule has 2 aromatic heterocycles. The lowest BCUT2D eigenvalue weighted by molar-refractivity contribution is 0.0322. The number of anilines is 1. The topological polar surface area (TPSA) is 59.5 Å². The number of aromatic nitrogens is 2. The van der Waals surface area contributed by atoms with Crippen LogP contribution in [-0.4, -0.2) is 60.4 Å². The fourth-order valence-electron chi connectivity index (χ4n) is 4.22. The normalized spacial score (nSPS) is 19.4. The quantitative estimate of drug-likeness (QED) is 0.673. The molecule has 3 aromatic rings. The van der Waals surface area contributed by atoms with E-state index in [1.165, 1.54) is 16.7 Å². The number of fused-ring (bicyclic) bond motifs is 2. The van der Waals surface area contributed by atoms with Gasteiger partial charge in [0, 0.05) is 25.7 Å². The van der Waals surface area contributed by atoms with Crippen molar-refractivity contribution in [3.05, 3.63) is 46.6 Å². The Hall–Kier alpha value is -2.22. The predicted octanol–water partition coefficient (Wildman–Crippen LogP) is 3.29. The fourth-order valence-corrected chi connectivity index (χ4v) is 5.11. The third-order valence-corrected chi connectivity index (χ3v) is 6.79. The number of hydrogen-bond acceptors (Lipinski definition) is 7. The molecule has 7 heteroatoms. The third-order valence-electron chi connectivity index (χ3n) is 5.79. The van der Waals surface area contributed by atoms with Crippen molar-refractivity contribution in [2.75, 3.05) is 44.8 Å². The number of nitrogens with one attached hydrogen (secondary N) is 1. The number of hydrogen-bond donors (Lipinski definition) is 1. The lowest BCUT2D eigenvalue weighted by Crippen LogP contribution is -2.38. The number of aryl methyl sites for hydroxylation is 1. The molecule has 1 unspecified atom stereocenters. The van der Waals surface area contributed by atoms with E-state index in [0.29, 0.717) is 6.04 Å². The van der Waals surface area contributed by atoms with Crippen molar-refractivity contribution >= 4 is 27.4 Å². The molecule has 6 nitrogen and oxygen atoms in total. The molecule has 1 atom stereocenters. The maximum Gasteiger partial charge on any atom is 0.138 e. The number of morpholine rings is 1. The average Bonchev–Trinajstić information content (AvgIpc) is 3.32. The Labute approximate surface area is 174 Å². The van der Waals surface area contributed by atoms with Crippen molar-refractivity contribution in [1.82, 2.24) is 14.9 Å². The molecule has 5 rings (SSSR count). The van der Waals surface area contributed by atoms with E-state index in [9.17, 15) is 0 Å². The Morgan fingerprint density at radius 3 is 2.97 bits per heavy atom. The molecule has 1 saturated heterocycles. The van der Waals surface area contributed by atoms with Crippen molar-refractivity contribution < 1.29 is 9.47 Å². The van der Waals surface area contributed by atoms with Gasteiger partial charge in [-0.05, 0) is 54.0 Å². The molecule has 1 N–H and O–H groups in total. The van der Waals surface area contributed by atoms with Crippen LogP contribution in [0.4, 0.5) is 5.82 Å². The van der Waals surface area contributed by atoms with Crippen LogP contribution >= 0.6 is 11.3 Å². The van der Waals surface area contributed by atoms with Gasteiger partial charge in [0.25, 0.3) is 0 Å². The molecule has 1 aliphatic heterocycles. The summed E-state index contributed by atoms with van der Waals surface area (Å²) in [5.41, 5.74) is 4.01. The van der Waals surface area contributed by atoms with Crippen LogP contribution in [0.2, 0.25) is 0 Å². The summed E-state index contributed by atoms with van der Waals surface area (Å²) < 4.78 is 11.4. The highest BCUT2D eigenvalue weighted by atomic mass is 32.1. The average molecular weight is 411 g/mol. The van der Waals surface area contributed by atoms with Gasteiger partial charge in [-0.3, -0.25) is 4.90 Å². The molecule has 29 heavy (non-hydrogen) atoms. The fraction of sp³-hybridized carbons (Fsp3) is 0.455. The highest BCUT2D eigenvalue weighted by molar-refractivity contribution is 7.17. The van der Waals surface area contributed by atoms with E-state index < -0.39 is 0 Å². The first kappa shape index (κ1) is 18.8. The van der Waals surface area contributed by atoms with Crippen molar-refractivity contribution in [2.24, 2.45) is 0 Å². The molecular formula is C22H26N4O2S. The Kier molecular flexibility index (Phi) is 5.35. The highest BCUT2D eigenvalue weighted by Gasteiger charge is 2.23. The number of benzene rings is 1. The van der Waals surface area contributed by atoms with Gasteiger partial charge >= 0.3 is 0 Å². The van der Waals surface area contributed by atoms with Gasteiger partial charge in [0.2, 0.25) is 0 Å². The monoisotopic (exact) mass is 410 g/mol. The van der Waals surface area contributed by atoms with Crippen LogP contribution in [0, 0.1) is 6.92 Å². The van der Waals surface area contributed by atoms with Gasteiger partial charge in [0.15, 0.2) is 0 Å². The Balaban J connectivity index is 1.21. The second kappa shape index (κ2) is 8.26. The number of rotatable bonds is 6. The van der Waals surface area contributed by atoms with E-state index in [-0.39, 0.29) is 0 Å². The van der Waals surface area contributed by atoms with Gasteiger partial charge in [-0.15, -0.1) is 11.3 Å². The number of thiophene rings is 1. The van der Waals surface area contributed by atoms with E-state index in [2.05, 4.69) is 50.7 Å². The molecule has 1 aromatic carbocycles. The lowest BCUT2D eigenvalue weighted by Gasteiger charge is -2.26. The van der Waals surface area contributed by atoms with E-state index in [1.54, 1.807) is 17.7 Å². The molecule has 0 radical (unpaired) electrons. The van der Waals surface area contributed by atoms with E-state index >= 15 is 0 Å². The van der Waals surface area contributed by atoms with Gasteiger partial charge in [0.05, 0.1) is 18.6 Å². The molecule has 0 bridgehead atoms. The molecule has 1 fully saturated rings. The molecule has 152 valence electrons. The molecular weight excluding hydrogens is 384 g/mol. The zero-order valence-corrected chi connectivity index (χ0v) is 17.5. The summed E-state index contributed by atoms with van der Waals surface area (Å²) in [7, 11) is 0. The summed E-state index contributed by atoms with van der Waals surface area (Å²) in [4.78, 5) is 12.3. The van der Waals surface area contributed by atoms with Crippen LogP contribution in [0.5, 0.6) is 5.75 Å². The Morgan fingerprint density at radius 2 is 2.07 bits per heavy atom. The van der Waals surface area contributed by atoms with Crippen molar-refractivity contribution in [3.63, 3.8) is 0 Å². The van der Waals surface area contributed by atoms with Gasteiger partial charge in [0.1, 0.15) is 29.3 Å². The molecule has 0 amide bonds. The standard InChI is InChI=1S/C22H26N4O2S/c1-15-13-29-22-20(15)21(23-14-24-22)25-18-10-16-2-3-19(12-17(16)11-18)28-9-6-26-4-7-27-8-5-26/h2-3,12-14,18H,4-11H2,1H3,(H,23,24,25). The SMILES string of the molecule is Cc1csc2ncnc(NC3Cc4ccc(OCCN5CCOCC5)cc4C3)c12. The minimum absolute atomic E-state index is 0.353. The first-order valence-electron chi connectivity index (χ1n) is 10.3. The van der Waals surface area contributed by atoms with Gasteiger partial charge in [-0.2, -0.15) is 0 Å². The zero-order valence-electron chi connectivity index (χ0n) is 16.7. The summed E-state index contributed by atoms with van der Waals surface area (Å²) in [6, 6.07) is 6.88. The summed E-state index contributed by atoms with van der Waals surface area (Å²) in [5.74, 6) is 1.92. The lowest BCUT2D eigenvalue weighted by atomic mass is 10.1. The first-order chi connectivity index (χ1) is 14.3. The maximum atomic E-state index is 6.03. The van der Waals surface area contributed by atoms with Gasteiger partial charge < -0.3 is 14.8 Å². The van der Waals surface area contributed by atoms with Crippen LogP contribution in [-0.2, 0) is 17.6 Å². The predicted molar refractivity (Wildman–Crippen MR) is 116 cm³/mol. The van der Waals surface area contributed by atoms with E-state index in [4.69, 9.17) is 9.47 Å². The summed E-state index contributed by atoms with van der Waals surface area (Å²) in [6.07, 6.45) is 3.66. The largest absolute Gasteiger partial charge is 0.492 e. The number of nitrogens with zero attached hydrogens (tertiary/aromatic N) is 3. The van der Waals surface area contributed by atoms with E-state index in [0.717, 1.165) is 74.1 Å².